The molecule has 0 radical (unpaired) electrons. The fourth-order valence-electron chi connectivity index (χ4n) is 8.01. The highest BCUT2D eigenvalue weighted by atomic mass is 16.3. The number of nitroso groups, excluding NO2 is 1. The van der Waals surface area contributed by atoms with E-state index in [-0.39, 0.29) is 5.54 Å². The first-order valence-electron chi connectivity index (χ1n) is 13.6. The van der Waals surface area contributed by atoms with Crippen molar-refractivity contribution in [2.45, 2.75) is 121 Å². The van der Waals surface area contributed by atoms with Crippen molar-refractivity contribution in [1.29, 1.82) is 0 Å². The van der Waals surface area contributed by atoms with Crippen LogP contribution in [0, 0.1) is 28.1 Å². The molecule has 0 saturated heterocycles. The zero-order chi connectivity index (χ0) is 23.6. The lowest BCUT2D eigenvalue weighted by molar-refractivity contribution is 0.0924. The van der Waals surface area contributed by atoms with Gasteiger partial charge in [0.15, 0.2) is 0 Å². The van der Waals surface area contributed by atoms with Crippen LogP contribution in [0.1, 0.15) is 104 Å². The second-order valence-corrected chi connectivity index (χ2v) is 12.1. The van der Waals surface area contributed by atoms with Gasteiger partial charge in [0, 0.05) is 0 Å². The molecule has 0 spiro atoms. The average Bonchev–Trinajstić information content (AvgIpc) is 3.40. The number of aliphatic hydroxyl groups is 2. The van der Waals surface area contributed by atoms with E-state index in [1.54, 1.807) is 5.57 Å². The molecule has 4 heteroatoms. The molecule has 0 bridgehead atoms. The summed E-state index contributed by atoms with van der Waals surface area (Å²) >= 11 is 0. The third-order valence-electron chi connectivity index (χ3n) is 10.1. The van der Waals surface area contributed by atoms with Crippen molar-refractivity contribution in [2.24, 2.45) is 28.3 Å². The first-order valence-corrected chi connectivity index (χ1v) is 13.6. The Morgan fingerprint density at radius 3 is 2.45 bits per heavy atom. The summed E-state index contributed by atoms with van der Waals surface area (Å²) in [7, 11) is 0. The Bertz CT molecular complexity index is 777. The Morgan fingerprint density at radius 1 is 1.09 bits per heavy atom. The molecule has 4 aliphatic carbocycles. The summed E-state index contributed by atoms with van der Waals surface area (Å²) in [6.45, 7) is 8.81. The van der Waals surface area contributed by atoms with Crippen LogP contribution in [0.5, 0.6) is 0 Å². The molecule has 4 saturated carbocycles. The van der Waals surface area contributed by atoms with Crippen molar-refractivity contribution in [3.63, 3.8) is 0 Å². The summed E-state index contributed by atoms with van der Waals surface area (Å²) in [4.78, 5) is 11.5. The third kappa shape index (κ3) is 5.07. The number of aliphatic hydroxyl groups excluding tert-OH is 2. The van der Waals surface area contributed by atoms with E-state index < -0.39 is 12.2 Å². The van der Waals surface area contributed by atoms with Crippen molar-refractivity contribution in [3.05, 3.63) is 40.4 Å². The van der Waals surface area contributed by atoms with Crippen molar-refractivity contribution in [1.82, 2.24) is 0 Å². The van der Waals surface area contributed by atoms with Gasteiger partial charge in [0.25, 0.3) is 0 Å². The molecule has 4 aliphatic rings. The highest BCUT2D eigenvalue weighted by Crippen LogP contribution is 2.60. The first-order chi connectivity index (χ1) is 15.8. The zero-order valence-corrected chi connectivity index (χ0v) is 20.9. The van der Waals surface area contributed by atoms with Crippen molar-refractivity contribution < 1.29 is 10.2 Å². The highest BCUT2D eigenvalue weighted by molar-refractivity contribution is 5.29. The van der Waals surface area contributed by atoms with Crippen LogP contribution in [0.3, 0.4) is 0 Å². The Hall–Kier alpha value is -1.26. The summed E-state index contributed by atoms with van der Waals surface area (Å²) in [6, 6.07) is 0. The van der Waals surface area contributed by atoms with Gasteiger partial charge in [-0.1, -0.05) is 74.6 Å². The molecule has 0 aromatic carbocycles. The minimum atomic E-state index is -0.621. The Morgan fingerprint density at radius 2 is 1.79 bits per heavy atom. The van der Waals surface area contributed by atoms with E-state index in [0.717, 1.165) is 37.2 Å². The molecule has 0 amide bonds. The molecule has 0 aromatic rings. The van der Waals surface area contributed by atoms with Crippen LogP contribution in [0.4, 0.5) is 0 Å². The second-order valence-electron chi connectivity index (χ2n) is 12.1. The SMILES string of the molecule is C=C1[C@H](O)CC(=C/C=C2\CCC[C@@]3(C)C2CCC3[C@@H](C)CCCC2(N=O)CCCC2)C[C@H]1O. The fourth-order valence-corrected chi connectivity index (χ4v) is 8.01. The minimum absolute atomic E-state index is 0.247. The predicted molar refractivity (Wildman–Crippen MR) is 135 cm³/mol. The van der Waals surface area contributed by atoms with Crippen LogP contribution >= 0.6 is 0 Å². The molecular formula is C29H45NO3. The van der Waals surface area contributed by atoms with E-state index in [2.05, 4.69) is 37.8 Å². The van der Waals surface area contributed by atoms with Gasteiger partial charge in [0.05, 0.1) is 12.2 Å². The Balaban J connectivity index is 1.39. The molecule has 33 heavy (non-hydrogen) atoms. The summed E-state index contributed by atoms with van der Waals surface area (Å²) < 4.78 is 0. The van der Waals surface area contributed by atoms with E-state index in [4.69, 9.17) is 0 Å². The van der Waals surface area contributed by atoms with Gasteiger partial charge in [-0.2, -0.15) is 4.91 Å². The standard InChI is InChI=1S/C29H45NO3/c1-20(8-6-17-29(30-33)15-4-5-16-29)24-12-13-25-23(9-7-14-28(24,25)3)11-10-22-18-26(31)21(2)27(32)19-22/h10-11,20,24-27,31-32H,2,4-9,12-19H2,1,3H3/b23-11+/t20-,24?,25?,26+,27+,28+/m0/s1. The minimum Gasteiger partial charge on any atom is -0.388 e. The molecule has 0 aliphatic heterocycles. The zero-order valence-electron chi connectivity index (χ0n) is 20.9. The largest absolute Gasteiger partial charge is 0.388 e. The lowest BCUT2D eigenvalue weighted by Gasteiger charge is -2.44. The van der Waals surface area contributed by atoms with E-state index in [1.165, 1.54) is 51.4 Å². The first kappa shape index (κ1) is 24.9. The molecule has 4 fully saturated rings. The van der Waals surface area contributed by atoms with Crippen molar-refractivity contribution in [2.75, 3.05) is 0 Å². The molecule has 2 N–H and O–H groups in total. The lowest BCUT2D eigenvalue weighted by Crippen LogP contribution is -2.36. The monoisotopic (exact) mass is 455 g/mol. The van der Waals surface area contributed by atoms with Crippen LogP contribution in [-0.4, -0.2) is 28.0 Å². The van der Waals surface area contributed by atoms with Gasteiger partial charge in [0.2, 0.25) is 0 Å². The Kier molecular flexibility index (Phi) is 7.65. The summed E-state index contributed by atoms with van der Waals surface area (Å²) in [5.41, 5.74) is 3.39. The van der Waals surface area contributed by atoms with Crippen LogP contribution < -0.4 is 0 Å². The van der Waals surface area contributed by atoms with Gasteiger partial charge in [-0.15, -0.1) is 0 Å². The van der Waals surface area contributed by atoms with Crippen molar-refractivity contribution >= 4 is 0 Å². The smallest absolute Gasteiger partial charge is 0.103 e. The molecule has 4 rings (SSSR count). The second kappa shape index (κ2) is 10.2. The van der Waals surface area contributed by atoms with Gasteiger partial charge in [0.1, 0.15) is 5.54 Å². The third-order valence-corrected chi connectivity index (χ3v) is 10.1. The number of nitrogens with zero attached hydrogens (tertiary/aromatic N) is 1. The van der Waals surface area contributed by atoms with Gasteiger partial charge in [-0.3, -0.25) is 0 Å². The summed E-state index contributed by atoms with van der Waals surface area (Å²) in [6.07, 6.45) is 18.5. The van der Waals surface area contributed by atoms with Gasteiger partial charge >= 0.3 is 0 Å². The number of rotatable bonds is 7. The number of hydrogen-bond acceptors (Lipinski definition) is 4. The molecule has 184 valence electrons. The maximum absolute atomic E-state index is 11.5. The number of hydrogen-bond donors (Lipinski definition) is 2. The van der Waals surface area contributed by atoms with Gasteiger partial charge < -0.3 is 10.2 Å². The number of fused-ring (bicyclic) bond motifs is 1. The van der Waals surface area contributed by atoms with E-state index in [0.29, 0.717) is 35.7 Å². The van der Waals surface area contributed by atoms with E-state index in [1.807, 2.05) is 0 Å². The molecule has 2 unspecified atom stereocenters. The quantitative estimate of drug-likeness (QED) is 0.320. The number of allylic oxidation sites excluding steroid dienone is 3. The fraction of sp³-hybridized carbons (Fsp3) is 0.793. The van der Waals surface area contributed by atoms with Crippen LogP contribution in [0.25, 0.3) is 0 Å². The molecule has 4 nitrogen and oxygen atoms in total. The molecular weight excluding hydrogens is 410 g/mol. The molecule has 6 atom stereocenters. The summed E-state index contributed by atoms with van der Waals surface area (Å²) in [5.74, 6) is 2.10. The van der Waals surface area contributed by atoms with Crippen LogP contribution in [0.15, 0.2) is 40.6 Å². The van der Waals surface area contributed by atoms with Gasteiger partial charge in [-0.25, -0.2) is 0 Å². The lowest BCUT2D eigenvalue weighted by atomic mass is 9.60. The summed E-state index contributed by atoms with van der Waals surface area (Å²) in [5, 5.41) is 23.9. The Labute approximate surface area is 200 Å². The highest BCUT2D eigenvalue weighted by Gasteiger charge is 2.50. The van der Waals surface area contributed by atoms with Crippen LogP contribution in [0.2, 0.25) is 0 Å². The average molecular weight is 456 g/mol. The maximum atomic E-state index is 11.5. The van der Waals surface area contributed by atoms with E-state index >= 15 is 0 Å². The normalized spacial score (nSPS) is 38.4. The molecule has 0 heterocycles. The van der Waals surface area contributed by atoms with E-state index in [9.17, 15) is 15.1 Å². The predicted octanol–water partition coefficient (Wildman–Crippen LogP) is 7.01. The topological polar surface area (TPSA) is 69.9 Å². The molecule has 0 aromatic heterocycles. The van der Waals surface area contributed by atoms with Crippen molar-refractivity contribution in [3.8, 4) is 0 Å². The maximum Gasteiger partial charge on any atom is 0.103 e. The van der Waals surface area contributed by atoms with Crippen LogP contribution in [-0.2, 0) is 0 Å². The van der Waals surface area contributed by atoms with Gasteiger partial charge in [-0.05, 0) is 93.0 Å².